The molecule has 42 heavy (non-hydrogen) atoms. The van der Waals surface area contributed by atoms with Crippen molar-refractivity contribution in [1.29, 1.82) is 0 Å². The molecule has 0 heterocycles. The highest BCUT2D eigenvalue weighted by Gasteiger charge is 2.33. The van der Waals surface area contributed by atoms with Crippen LogP contribution in [-0.4, -0.2) is 50.0 Å². The number of hydrogen-bond donors (Lipinski definition) is 1. The predicted molar refractivity (Wildman–Crippen MR) is 171 cm³/mol. The first kappa shape index (κ1) is 33.1. The summed E-state index contributed by atoms with van der Waals surface area (Å²) >= 11 is 6.51. The van der Waals surface area contributed by atoms with Crippen LogP contribution >= 0.6 is 11.6 Å². The van der Waals surface area contributed by atoms with E-state index in [1.165, 1.54) is 4.90 Å². The number of sulfonamides is 1. The van der Waals surface area contributed by atoms with E-state index in [1.807, 2.05) is 62.4 Å². The van der Waals surface area contributed by atoms with Gasteiger partial charge in [0.05, 0.1) is 11.9 Å². The van der Waals surface area contributed by atoms with E-state index in [9.17, 15) is 18.0 Å². The maximum Gasteiger partial charge on any atom is 0.244 e. The molecule has 9 heteroatoms. The van der Waals surface area contributed by atoms with Crippen molar-refractivity contribution in [3.63, 3.8) is 0 Å². The van der Waals surface area contributed by atoms with E-state index in [1.54, 1.807) is 30.3 Å². The SMILES string of the molecule is CC[C@H](C)NC(=O)[C@@H](Cc1ccccc1)N(Cc1ccccc1Cl)C(=O)CN(c1ccc(C(C)(C)C)cc1)S(C)(=O)=O. The summed E-state index contributed by atoms with van der Waals surface area (Å²) in [7, 11) is -3.84. The lowest BCUT2D eigenvalue weighted by molar-refractivity contribution is -0.140. The van der Waals surface area contributed by atoms with Crippen LogP contribution in [0.2, 0.25) is 5.02 Å². The summed E-state index contributed by atoms with van der Waals surface area (Å²) in [5.74, 6) is -0.825. The van der Waals surface area contributed by atoms with E-state index in [2.05, 4.69) is 26.1 Å². The van der Waals surface area contributed by atoms with E-state index >= 15 is 0 Å². The minimum Gasteiger partial charge on any atom is -0.352 e. The molecule has 3 aromatic carbocycles. The summed E-state index contributed by atoms with van der Waals surface area (Å²) in [4.78, 5) is 29.4. The van der Waals surface area contributed by atoms with Gasteiger partial charge in [-0.05, 0) is 53.6 Å². The number of hydrogen-bond acceptors (Lipinski definition) is 4. The van der Waals surface area contributed by atoms with Crippen LogP contribution in [0.3, 0.4) is 0 Å². The van der Waals surface area contributed by atoms with Gasteiger partial charge in [-0.25, -0.2) is 8.42 Å². The topological polar surface area (TPSA) is 86.8 Å². The lowest BCUT2D eigenvalue weighted by atomic mass is 9.87. The van der Waals surface area contributed by atoms with Gasteiger partial charge in [0.15, 0.2) is 0 Å². The van der Waals surface area contributed by atoms with Gasteiger partial charge in [-0.2, -0.15) is 0 Å². The number of rotatable bonds is 12. The summed E-state index contributed by atoms with van der Waals surface area (Å²) < 4.78 is 27.1. The maximum absolute atomic E-state index is 14.2. The van der Waals surface area contributed by atoms with E-state index in [-0.39, 0.29) is 30.3 Å². The van der Waals surface area contributed by atoms with E-state index in [4.69, 9.17) is 11.6 Å². The molecule has 2 amide bonds. The number of benzene rings is 3. The molecule has 226 valence electrons. The molecule has 0 radical (unpaired) electrons. The number of carbonyl (C=O) groups excluding carboxylic acids is 2. The van der Waals surface area contributed by atoms with E-state index in [0.717, 1.165) is 21.7 Å². The zero-order chi connectivity index (χ0) is 31.1. The molecule has 2 atom stereocenters. The van der Waals surface area contributed by atoms with Crippen LogP contribution in [0.4, 0.5) is 5.69 Å². The van der Waals surface area contributed by atoms with Gasteiger partial charge in [0.25, 0.3) is 0 Å². The number of nitrogens with zero attached hydrogens (tertiary/aromatic N) is 2. The Bertz CT molecular complexity index is 1450. The Morgan fingerprint density at radius 2 is 1.52 bits per heavy atom. The summed E-state index contributed by atoms with van der Waals surface area (Å²) in [5.41, 5.74) is 2.82. The highest BCUT2D eigenvalue weighted by atomic mass is 35.5. The summed E-state index contributed by atoms with van der Waals surface area (Å²) in [5, 5.41) is 3.48. The molecule has 1 N–H and O–H groups in total. The Labute approximate surface area is 255 Å². The standard InChI is InChI=1S/C33H42ClN3O4S/c1-7-24(2)35-32(39)30(21-25-13-9-8-10-14-25)36(22-26-15-11-12-16-29(26)34)31(38)23-37(42(6,40)41)28-19-17-27(18-20-28)33(3,4)5/h8-20,24,30H,7,21-23H2,1-6H3,(H,35,39)/t24-,30+/m0/s1. The van der Waals surface area contributed by atoms with Crippen molar-refractivity contribution in [2.24, 2.45) is 0 Å². The fraction of sp³-hybridized carbons (Fsp3) is 0.394. The third kappa shape index (κ3) is 9.07. The summed E-state index contributed by atoms with van der Waals surface area (Å²) in [6.45, 7) is 9.66. The number of amides is 2. The lowest BCUT2D eigenvalue weighted by Gasteiger charge is -2.34. The molecule has 0 spiro atoms. The summed E-state index contributed by atoms with van der Waals surface area (Å²) in [6.07, 6.45) is 2.04. The highest BCUT2D eigenvalue weighted by molar-refractivity contribution is 7.92. The normalized spacial score (nSPS) is 13.2. The van der Waals surface area contributed by atoms with Gasteiger partial charge in [0.2, 0.25) is 21.8 Å². The molecule has 0 aliphatic rings. The number of nitrogens with one attached hydrogen (secondary N) is 1. The monoisotopic (exact) mass is 611 g/mol. The number of halogens is 1. The minimum absolute atomic E-state index is 0.0322. The van der Waals surface area contributed by atoms with Crippen LogP contribution in [0.25, 0.3) is 0 Å². The molecule has 0 fully saturated rings. The van der Waals surface area contributed by atoms with E-state index < -0.39 is 28.5 Å². The molecule has 7 nitrogen and oxygen atoms in total. The molecule has 0 aliphatic carbocycles. The molecule has 0 saturated carbocycles. The zero-order valence-corrected chi connectivity index (χ0v) is 26.9. The van der Waals surface area contributed by atoms with Gasteiger partial charge >= 0.3 is 0 Å². The zero-order valence-electron chi connectivity index (χ0n) is 25.3. The van der Waals surface area contributed by atoms with Crippen molar-refractivity contribution in [1.82, 2.24) is 10.2 Å². The third-order valence-electron chi connectivity index (χ3n) is 7.27. The quantitative estimate of drug-likeness (QED) is 0.274. The molecular weight excluding hydrogens is 570 g/mol. The molecule has 3 rings (SSSR count). The van der Waals surface area contributed by atoms with Gasteiger partial charge in [-0.15, -0.1) is 0 Å². The van der Waals surface area contributed by atoms with Crippen LogP contribution in [0, 0.1) is 0 Å². The minimum atomic E-state index is -3.84. The second-order valence-corrected chi connectivity index (χ2v) is 14.0. The molecular formula is C33H42ClN3O4S. The van der Waals surface area contributed by atoms with Crippen molar-refractivity contribution < 1.29 is 18.0 Å². The second kappa shape index (κ2) is 14.2. The lowest BCUT2D eigenvalue weighted by Crippen LogP contribution is -2.54. The Hall–Kier alpha value is -3.36. The first-order valence-corrected chi connectivity index (χ1v) is 16.4. The Morgan fingerprint density at radius 3 is 2.07 bits per heavy atom. The van der Waals surface area contributed by atoms with Gasteiger partial charge in [0.1, 0.15) is 12.6 Å². The van der Waals surface area contributed by atoms with Crippen molar-refractivity contribution >= 4 is 39.1 Å². The third-order valence-corrected chi connectivity index (χ3v) is 8.78. The fourth-order valence-electron chi connectivity index (χ4n) is 4.55. The molecule has 3 aromatic rings. The van der Waals surface area contributed by atoms with Crippen LogP contribution < -0.4 is 9.62 Å². The van der Waals surface area contributed by atoms with Gasteiger partial charge in [0, 0.05) is 24.0 Å². The Kier molecular flexibility index (Phi) is 11.2. The van der Waals surface area contributed by atoms with Crippen LogP contribution in [0.15, 0.2) is 78.9 Å². The first-order valence-electron chi connectivity index (χ1n) is 14.2. The molecule has 0 aromatic heterocycles. The van der Waals surface area contributed by atoms with Crippen molar-refractivity contribution in [2.75, 3.05) is 17.1 Å². The molecule has 0 unspecified atom stereocenters. The van der Waals surface area contributed by atoms with E-state index in [0.29, 0.717) is 22.7 Å². The Balaban J connectivity index is 2.07. The molecule has 0 bridgehead atoms. The average molecular weight is 612 g/mol. The molecule has 0 saturated heterocycles. The fourth-order valence-corrected chi connectivity index (χ4v) is 5.59. The number of anilines is 1. The van der Waals surface area contributed by atoms with Crippen LogP contribution in [0.1, 0.15) is 57.7 Å². The second-order valence-electron chi connectivity index (χ2n) is 11.7. The average Bonchev–Trinajstić information content (AvgIpc) is 2.93. The van der Waals surface area contributed by atoms with Gasteiger partial charge < -0.3 is 10.2 Å². The number of carbonyl (C=O) groups is 2. The maximum atomic E-state index is 14.2. The largest absolute Gasteiger partial charge is 0.352 e. The van der Waals surface area contributed by atoms with Crippen molar-refractivity contribution in [2.45, 2.75) is 71.5 Å². The summed E-state index contributed by atoms with van der Waals surface area (Å²) in [6, 6.07) is 22.7. The first-order chi connectivity index (χ1) is 19.7. The predicted octanol–water partition coefficient (Wildman–Crippen LogP) is 5.96. The molecule has 0 aliphatic heterocycles. The van der Waals surface area contributed by atoms with Crippen molar-refractivity contribution in [3.8, 4) is 0 Å². The highest BCUT2D eigenvalue weighted by Crippen LogP contribution is 2.27. The van der Waals surface area contributed by atoms with Crippen LogP contribution in [-0.2, 0) is 38.0 Å². The van der Waals surface area contributed by atoms with Gasteiger partial charge in [-0.3, -0.25) is 13.9 Å². The van der Waals surface area contributed by atoms with Crippen molar-refractivity contribution in [3.05, 3.63) is 101 Å². The van der Waals surface area contributed by atoms with Crippen LogP contribution in [0.5, 0.6) is 0 Å². The smallest absolute Gasteiger partial charge is 0.244 e. The van der Waals surface area contributed by atoms with Gasteiger partial charge in [-0.1, -0.05) is 100.0 Å². The Morgan fingerprint density at radius 1 is 0.929 bits per heavy atom.